The smallest absolute Gasteiger partial charge is 0.453 e. The van der Waals surface area contributed by atoms with E-state index in [1.165, 1.54) is 7.11 Å². The summed E-state index contributed by atoms with van der Waals surface area (Å²) in [5, 5.41) is 5.70. The van der Waals surface area contributed by atoms with E-state index in [1.54, 1.807) is 6.20 Å². The molecule has 4 rings (SSSR count). The zero-order chi connectivity index (χ0) is 25.6. The molecular formula is C25H35BN4O5. The molecule has 9 nitrogen and oxygen atoms in total. The molecule has 0 unspecified atom stereocenters. The average molecular weight is 482 g/mol. The van der Waals surface area contributed by atoms with Crippen molar-refractivity contribution in [1.29, 1.82) is 0 Å². The molecule has 2 heterocycles. The molecule has 2 aromatic rings. The number of carbonyl (C=O) groups excluding carboxylic acids is 2. The van der Waals surface area contributed by atoms with E-state index in [1.807, 2.05) is 65.8 Å². The highest BCUT2D eigenvalue weighted by Crippen LogP contribution is 2.44. The van der Waals surface area contributed by atoms with Crippen LogP contribution in [0.3, 0.4) is 0 Å². The number of rotatable bonds is 7. The number of hydrogen-bond acceptors (Lipinski definition) is 6. The van der Waals surface area contributed by atoms with Crippen LogP contribution < -0.4 is 16.1 Å². The first-order valence-electron chi connectivity index (χ1n) is 12.1. The lowest BCUT2D eigenvalue weighted by molar-refractivity contribution is -0.125. The molecule has 2 aliphatic rings. The molecule has 0 spiro atoms. The van der Waals surface area contributed by atoms with E-state index < -0.39 is 36.0 Å². The zero-order valence-electron chi connectivity index (χ0n) is 21.5. The summed E-state index contributed by atoms with van der Waals surface area (Å²) in [5.41, 5.74) is 1.45. The van der Waals surface area contributed by atoms with Crippen LogP contribution in [-0.4, -0.2) is 53.4 Å². The Hall–Kier alpha value is -2.85. The van der Waals surface area contributed by atoms with Crippen molar-refractivity contribution < 1.29 is 23.6 Å². The van der Waals surface area contributed by atoms with Crippen LogP contribution in [0.2, 0.25) is 0 Å². The Morgan fingerprint density at radius 3 is 2.20 bits per heavy atom. The third-order valence-corrected chi connectivity index (χ3v) is 7.30. The lowest BCUT2D eigenvalue weighted by atomic mass is 9.79. The molecular weight excluding hydrogens is 447 g/mol. The predicted molar refractivity (Wildman–Crippen MR) is 133 cm³/mol. The number of methoxy groups -OCH3 is 1. The summed E-state index contributed by atoms with van der Waals surface area (Å²) < 4.78 is 16.9. The van der Waals surface area contributed by atoms with Crippen molar-refractivity contribution in [3.05, 3.63) is 36.3 Å². The minimum absolute atomic E-state index is 0.0976. The molecule has 0 bridgehead atoms. The Morgan fingerprint density at radius 2 is 1.69 bits per heavy atom. The normalized spacial score (nSPS) is 20.4. The molecule has 2 fully saturated rings. The van der Waals surface area contributed by atoms with E-state index in [4.69, 9.17) is 9.31 Å². The summed E-state index contributed by atoms with van der Waals surface area (Å²) in [6.45, 7) is 11.9. The summed E-state index contributed by atoms with van der Waals surface area (Å²) in [4.78, 5) is 32.6. The number of aromatic amines is 1. The van der Waals surface area contributed by atoms with Crippen LogP contribution in [0.25, 0.3) is 11.3 Å². The second kappa shape index (κ2) is 8.98. The lowest BCUT2D eigenvalue weighted by Gasteiger charge is -2.32. The van der Waals surface area contributed by atoms with Crippen molar-refractivity contribution in [3.8, 4) is 11.3 Å². The second-order valence-electron chi connectivity index (χ2n) is 10.8. The molecule has 1 aliphatic carbocycles. The first-order valence-corrected chi connectivity index (χ1v) is 12.1. The van der Waals surface area contributed by atoms with Gasteiger partial charge in [0, 0.05) is 0 Å². The second-order valence-corrected chi connectivity index (χ2v) is 10.8. The van der Waals surface area contributed by atoms with Crippen LogP contribution in [0, 0.1) is 5.92 Å². The average Bonchev–Trinajstić information content (AvgIpc) is 3.31. The molecule has 1 aromatic heterocycles. The van der Waals surface area contributed by atoms with Gasteiger partial charge in [-0.3, -0.25) is 4.79 Å². The molecule has 0 radical (unpaired) electrons. The van der Waals surface area contributed by atoms with Gasteiger partial charge in [0.2, 0.25) is 5.91 Å². The standard InChI is InChI=1S/C25H35BN4O5/c1-15(2)19(29-22(32)33-7)20(31)30-25(12-13-25)21-27-14-18(28-21)16-8-10-17(11-9-16)26-34-23(3,4)24(5,6)35-26/h8-11,14-15,19H,12-13H2,1-7H3,(H,27,28)(H,29,32)(H,30,31)/t19-/m0/s1. The lowest BCUT2D eigenvalue weighted by Crippen LogP contribution is -2.52. The van der Waals surface area contributed by atoms with Gasteiger partial charge in [0.1, 0.15) is 11.9 Å². The van der Waals surface area contributed by atoms with Gasteiger partial charge in [0.15, 0.2) is 0 Å². The highest BCUT2D eigenvalue weighted by molar-refractivity contribution is 6.62. The quantitative estimate of drug-likeness (QED) is 0.523. The highest BCUT2D eigenvalue weighted by atomic mass is 16.7. The number of carbonyl (C=O) groups is 2. The van der Waals surface area contributed by atoms with Crippen molar-refractivity contribution in [2.24, 2.45) is 5.92 Å². The maximum Gasteiger partial charge on any atom is 0.494 e. The van der Waals surface area contributed by atoms with Crippen molar-refractivity contribution in [2.75, 3.05) is 7.11 Å². The van der Waals surface area contributed by atoms with Crippen LogP contribution >= 0.6 is 0 Å². The largest absolute Gasteiger partial charge is 0.494 e. The number of nitrogens with one attached hydrogen (secondary N) is 3. The molecule has 1 atom stereocenters. The summed E-state index contributed by atoms with van der Waals surface area (Å²) in [6.07, 6.45) is 2.69. The van der Waals surface area contributed by atoms with Crippen LogP contribution in [0.1, 0.15) is 60.2 Å². The van der Waals surface area contributed by atoms with Gasteiger partial charge in [-0.25, -0.2) is 9.78 Å². The van der Waals surface area contributed by atoms with E-state index in [0.717, 1.165) is 29.6 Å². The molecule has 10 heteroatoms. The molecule has 1 saturated carbocycles. The van der Waals surface area contributed by atoms with Gasteiger partial charge in [-0.2, -0.15) is 0 Å². The van der Waals surface area contributed by atoms with Crippen LogP contribution in [-0.2, 0) is 24.4 Å². The van der Waals surface area contributed by atoms with Gasteiger partial charge < -0.3 is 29.7 Å². The number of nitrogens with zero attached hydrogens (tertiary/aromatic N) is 1. The Bertz CT molecular complexity index is 1080. The van der Waals surface area contributed by atoms with Gasteiger partial charge in [-0.1, -0.05) is 38.1 Å². The van der Waals surface area contributed by atoms with E-state index in [0.29, 0.717) is 5.82 Å². The Balaban J connectivity index is 1.45. The monoisotopic (exact) mass is 482 g/mol. The summed E-state index contributed by atoms with van der Waals surface area (Å²) >= 11 is 0. The van der Waals surface area contributed by atoms with Crippen molar-refractivity contribution in [2.45, 2.75) is 77.2 Å². The van der Waals surface area contributed by atoms with Gasteiger partial charge in [0.25, 0.3) is 0 Å². The summed E-state index contributed by atoms with van der Waals surface area (Å²) in [6, 6.07) is 7.31. The van der Waals surface area contributed by atoms with Gasteiger partial charge >= 0.3 is 13.2 Å². The fraction of sp³-hybridized carbons (Fsp3) is 0.560. The minimum atomic E-state index is -0.697. The Kier molecular flexibility index (Phi) is 6.48. The van der Waals surface area contributed by atoms with Gasteiger partial charge in [-0.05, 0) is 57.5 Å². The first-order chi connectivity index (χ1) is 16.4. The van der Waals surface area contributed by atoms with E-state index in [9.17, 15) is 9.59 Å². The Labute approximate surface area is 206 Å². The minimum Gasteiger partial charge on any atom is -0.453 e. The van der Waals surface area contributed by atoms with Crippen LogP contribution in [0.15, 0.2) is 30.5 Å². The topological polar surface area (TPSA) is 115 Å². The predicted octanol–water partition coefficient (Wildman–Crippen LogP) is 2.86. The SMILES string of the molecule is COC(=O)N[C@H](C(=O)NC1(c2ncc(-c3ccc(B4OC(C)(C)C(C)(C)O4)cc3)[nH]2)CC1)C(C)C. The van der Waals surface area contributed by atoms with Crippen LogP contribution in [0.5, 0.6) is 0 Å². The zero-order valence-corrected chi connectivity index (χ0v) is 21.5. The third kappa shape index (κ3) is 4.95. The molecule has 188 valence electrons. The number of imidazole rings is 1. The van der Waals surface area contributed by atoms with E-state index in [2.05, 4.69) is 25.3 Å². The number of aromatic nitrogens is 2. The number of alkyl carbamates (subject to hydrolysis) is 1. The highest BCUT2D eigenvalue weighted by Gasteiger charge is 2.52. The fourth-order valence-corrected chi connectivity index (χ4v) is 4.09. The van der Waals surface area contributed by atoms with Gasteiger partial charge in [-0.15, -0.1) is 0 Å². The van der Waals surface area contributed by atoms with Crippen molar-refractivity contribution >= 4 is 24.6 Å². The fourth-order valence-electron chi connectivity index (χ4n) is 4.09. The first kappa shape index (κ1) is 25.3. The van der Waals surface area contributed by atoms with Crippen molar-refractivity contribution in [1.82, 2.24) is 20.6 Å². The third-order valence-electron chi connectivity index (χ3n) is 7.30. The number of amides is 2. The molecule has 35 heavy (non-hydrogen) atoms. The number of hydrogen-bond donors (Lipinski definition) is 3. The molecule has 1 saturated heterocycles. The molecule has 1 aliphatic heterocycles. The molecule has 1 aromatic carbocycles. The maximum atomic E-state index is 12.9. The van der Waals surface area contributed by atoms with Gasteiger partial charge in [0.05, 0.1) is 35.7 Å². The number of H-pyrrole nitrogens is 1. The van der Waals surface area contributed by atoms with Crippen molar-refractivity contribution in [3.63, 3.8) is 0 Å². The summed E-state index contributed by atoms with van der Waals surface area (Å²) in [5.74, 6) is 0.351. The van der Waals surface area contributed by atoms with Crippen LogP contribution in [0.4, 0.5) is 4.79 Å². The summed E-state index contributed by atoms with van der Waals surface area (Å²) in [7, 11) is 0.864. The number of benzene rings is 1. The van der Waals surface area contributed by atoms with E-state index >= 15 is 0 Å². The Morgan fingerprint density at radius 1 is 1.09 bits per heavy atom. The number of ether oxygens (including phenoxy) is 1. The molecule has 2 amide bonds. The maximum absolute atomic E-state index is 12.9. The molecule has 3 N–H and O–H groups in total. The van der Waals surface area contributed by atoms with E-state index in [-0.39, 0.29) is 11.8 Å².